The molecule has 0 unspecified atom stereocenters. The van der Waals surface area contributed by atoms with Crippen molar-refractivity contribution >= 4 is 5.91 Å². The Morgan fingerprint density at radius 2 is 1.86 bits per heavy atom. The van der Waals surface area contributed by atoms with E-state index in [2.05, 4.69) is 49.1 Å². The number of rotatable bonds is 4. The number of aryl methyl sites for hydroxylation is 2. The molecule has 1 amide bonds. The molecular formula is C24H30N2O2. The fraction of sp³-hybridized carbons (Fsp3) is 0.458. The molecule has 0 bridgehead atoms. The van der Waals surface area contributed by atoms with Crippen LogP contribution in [0.5, 0.6) is 0 Å². The van der Waals surface area contributed by atoms with E-state index in [0.717, 1.165) is 32.8 Å². The number of amides is 1. The van der Waals surface area contributed by atoms with Crippen LogP contribution in [0.25, 0.3) is 0 Å². The Morgan fingerprint density at radius 1 is 1.04 bits per heavy atom. The molecule has 4 heteroatoms. The lowest BCUT2D eigenvalue weighted by molar-refractivity contribution is -0.128. The third-order valence-electron chi connectivity index (χ3n) is 6.04. The van der Waals surface area contributed by atoms with Crippen LogP contribution in [0.1, 0.15) is 28.7 Å². The van der Waals surface area contributed by atoms with Gasteiger partial charge in [0.25, 0.3) is 0 Å². The van der Waals surface area contributed by atoms with Crippen molar-refractivity contribution in [2.45, 2.75) is 33.4 Å². The zero-order valence-corrected chi connectivity index (χ0v) is 17.0. The van der Waals surface area contributed by atoms with Gasteiger partial charge < -0.3 is 9.64 Å². The van der Waals surface area contributed by atoms with Crippen LogP contribution in [0.4, 0.5) is 0 Å². The van der Waals surface area contributed by atoms with Crippen LogP contribution in [-0.4, -0.2) is 48.6 Å². The monoisotopic (exact) mass is 378 g/mol. The van der Waals surface area contributed by atoms with E-state index in [0.29, 0.717) is 19.6 Å². The van der Waals surface area contributed by atoms with E-state index < -0.39 is 0 Å². The standard InChI is InChI=1S/C24H30N2O2/c1-19-8-9-20(2)22(12-19)15-25-10-11-28-18-24(16-25)13-23(27)26(17-24)14-21-6-4-3-5-7-21/h3-9,12H,10-11,13-18H2,1-2H3/t24-/m1/s1. The average molecular weight is 379 g/mol. The number of ether oxygens (including phenoxy) is 1. The summed E-state index contributed by atoms with van der Waals surface area (Å²) >= 11 is 0. The van der Waals surface area contributed by atoms with Crippen molar-refractivity contribution in [3.8, 4) is 0 Å². The van der Waals surface area contributed by atoms with Crippen LogP contribution in [0.15, 0.2) is 48.5 Å². The maximum atomic E-state index is 12.8. The normalized spacial score (nSPS) is 23.4. The summed E-state index contributed by atoms with van der Waals surface area (Å²) in [6.45, 7) is 9.97. The van der Waals surface area contributed by atoms with Crippen LogP contribution >= 0.6 is 0 Å². The van der Waals surface area contributed by atoms with Crippen molar-refractivity contribution in [1.29, 1.82) is 0 Å². The molecule has 2 aromatic carbocycles. The predicted molar refractivity (Wildman–Crippen MR) is 111 cm³/mol. The first-order valence-corrected chi connectivity index (χ1v) is 10.2. The quantitative estimate of drug-likeness (QED) is 0.816. The molecule has 4 nitrogen and oxygen atoms in total. The van der Waals surface area contributed by atoms with E-state index in [4.69, 9.17) is 4.74 Å². The first kappa shape index (κ1) is 19.2. The van der Waals surface area contributed by atoms with E-state index in [1.807, 2.05) is 23.1 Å². The van der Waals surface area contributed by atoms with Gasteiger partial charge in [-0.05, 0) is 30.5 Å². The number of hydrogen-bond donors (Lipinski definition) is 0. The maximum absolute atomic E-state index is 12.8. The number of benzene rings is 2. The molecule has 0 aliphatic carbocycles. The maximum Gasteiger partial charge on any atom is 0.223 e. The molecule has 4 rings (SSSR count). The Balaban J connectivity index is 1.47. The predicted octanol–water partition coefficient (Wildman–Crippen LogP) is 3.55. The molecule has 148 valence electrons. The van der Waals surface area contributed by atoms with Crippen LogP contribution in [0, 0.1) is 19.3 Å². The molecular weight excluding hydrogens is 348 g/mol. The fourth-order valence-corrected chi connectivity index (χ4v) is 4.56. The highest BCUT2D eigenvalue weighted by Crippen LogP contribution is 2.35. The zero-order chi connectivity index (χ0) is 19.6. The van der Waals surface area contributed by atoms with Gasteiger partial charge in [-0.25, -0.2) is 0 Å². The highest BCUT2D eigenvalue weighted by Gasteiger charge is 2.45. The summed E-state index contributed by atoms with van der Waals surface area (Å²) in [5.41, 5.74) is 5.10. The number of carbonyl (C=O) groups is 1. The molecule has 0 saturated carbocycles. The van der Waals surface area contributed by atoms with E-state index in [-0.39, 0.29) is 11.3 Å². The highest BCUT2D eigenvalue weighted by molar-refractivity contribution is 5.79. The summed E-state index contributed by atoms with van der Waals surface area (Å²) in [4.78, 5) is 17.3. The van der Waals surface area contributed by atoms with Gasteiger partial charge in [0.15, 0.2) is 0 Å². The molecule has 2 saturated heterocycles. The topological polar surface area (TPSA) is 32.8 Å². The summed E-state index contributed by atoms with van der Waals surface area (Å²) in [7, 11) is 0. The number of hydrogen-bond acceptors (Lipinski definition) is 3. The molecule has 2 heterocycles. The first-order valence-electron chi connectivity index (χ1n) is 10.2. The molecule has 2 aliphatic rings. The van der Waals surface area contributed by atoms with Crippen molar-refractivity contribution in [3.05, 3.63) is 70.8 Å². The SMILES string of the molecule is Cc1ccc(C)c(CN2CCOC[C@]3(CC(=O)N(Cc4ccccc4)C3)C2)c1. The number of carbonyl (C=O) groups excluding carboxylic acids is 1. The summed E-state index contributed by atoms with van der Waals surface area (Å²) in [5.74, 6) is 0.251. The molecule has 1 spiro atoms. The van der Waals surface area contributed by atoms with Crippen molar-refractivity contribution in [2.24, 2.45) is 5.41 Å². The number of likely N-dealkylation sites (tertiary alicyclic amines) is 1. The Labute approximate surface area is 168 Å². The second kappa shape index (κ2) is 8.06. The molecule has 2 fully saturated rings. The van der Waals surface area contributed by atoms with Crippen molar-refractivity contribution in [3.63, 3.8) is 0 Å². The zero-order valence-electron chi connectivity index (χ0n) is 17.0. The van der Waals surface area contributed by atoms with Crippen LogP contribution in [-0.2, 0) is 22.6 Å². The lowest BCUT2D eigenvalue weighted by atomic mass is 9.87. The molecule has 2 aliphatic heterocycles. The molecule has 0 N–H and O–H groups in total. The second-order valence-electron chi connectivity index (χ2n) is 8.61. The average Bonchev–Trinajstić information content (AvgIpc) is 2.84. The van der Waals surface area contributed by atoms with Gasteiger partial charge in [0.05, 0.1) is 13.2 Å². The van der Waals surface area contributed by atoms with Crippen LogP contribution in [0.3, 0.4) is 0 Å². The summed E-state index contributed by atoms with van der Waals surface area (Å²) in [6, 6.07) is 16.9. The Kier molecular flexibility index (Phi) is 5.51. The van der Waals surface area contributed by atoms with Crippen molar-refractivity contribution in [2.75, 3.05) is 32.8 Å². The van der Waals surface area contributed by atoms with Gasteiger partial charge in [-0.1, -0.05) is 54.1 Å². The van der Waals surface area contributed by atoms with Gasteiger partial charge in [0, 0.05) is 44.6 Å². The van der Waals surface area contributed by atoms with Gasteiger partial charge >= 0.3 is 0 Å². The summed E-state index contributed by atoms with van der Waals surface area (Å²) in [6.07, 6.45) is 0.586. The summed E-state index contributed by atoms with van der Waals surface area (Å²) in [5, 5.41) is 0. The first-order chi connectivity index (χ1) is 13.5. The second-order valence-corrected chi connectivity index (χ2v) is 8.61. The molecule has 2 aromatic rings. The van der Waals surface area contributed by atoms with E-state index in [9.17, 15) is 4.79 Å². The minimum absolute atomic E-state index is 0.0971. The van der Waals surface area contributed by atoms with Gasteiger partial charge in [0.1, 0.15) is 0 Å². The minimum Gasteiger partial charge on any atom is -0.379 e. The minimum atomic E-state index is -0.0971. The van der Waals surface area contributed by atoms with Crippen molar-refractivity contribution in [1.82, 2.24) is 9.80 Å². The third kappa shape index (κ3) is 4.29. The lowest BCUT2D eigenvalue weighted by Gasteiger charge is -2.31. The molecule has 1 atom stereocenters. The molecule has 0 aromatic heterocycles. The van der Waals surface area contributed by atoms with Gasteiger partial charge in [-0.15, -0.1) is 0 Å². The summed E-state index contributed by atoms with van der Waals surface area (Å²) < 4.78 is 5.98. The molecule has 0 radical (unpaired) electrons. The van der Waals surface area contributed by atoms with Crippen LogP contribution in [0.2, 0.25) is 0 Å². The van der Waals surface area contributed by atoms with E-state index in [1.165, 1.54) is 22.3 Å². The van der Waals surface area contributed by atoms with Crippen LogP contribution < -0.4 is 0 Å². The molecule has 28 heavy (non-hydrogen) atoms. The Hall–Kier alpha value is -2.17. The fourth-order valence-electron chi connectivity index (χ4n) is 4.56. The van der Waals surface area contributed by atoms with E-state index >= 15 is 0 Å². The largest absolute Gasteiger partial charge is 0.379 e. The highest BCUT2D eigenvalue weighted by atomic mass is 16.5. The lowest BCUT2D eigenvalue weighted by Crippen LogP contribution is -2.40. The van der Waals surface area contributed by atoms with Crippen molar-refractivity contribution < 1.29 is 9.53 Å². The number of nitrogens with zero attached hydrogens (tertiary/aromatic N) is 2. The Morgan fingerprint density at radius 3 is 2.68 bits per heavy atom. The van der Waals surface area contributed by atoms with Gasteiger partial charge in [-0.3, -0.25) is 9.69 Å². The van der Waals surface area contributed by atoms with E-state index in [1.54, 1.807) is 0 Å². The van der Waals surface area contributed by atoms with Gasteiger partial charge in [-0.2, -0.15) is 0 Å². The smallest absolute Gasteiger partial charge is 0.223 e. The Bertz CT molecular complexity index is 836. The third-order valence-corrected chi connectivity index (χ3v) is 6.04. The van der Waals surface area contributed by atoms with Gasteiger partial charge in [0.2, 0.25) is 5.91 Å².